The third kappa shape index (κ3) is 3.60. The Bertz CT molecular complexity index is 644. The maximum atomic E-state index is 11.3. The number of ether oxygens (including phenoxy) is 2. The summed E-state index contributed by atoms with van der Waals surface area (Å²) in [6.07, 6.45) is 1.48. The lowest BCUT2D eigenvalue weighted by Crippen LogP contribution is -2.01. The van der Waals surface area contributed by atoms with Crippen molar-refractivity contribution in [1.82, 2.24) is 0 Å². The van der Waals surface area contributed by atoms with Gasteiger partial charge in [0.05, 0.1) is 13.2 Å². The molecule has 5 nitrogen and oxygen atoms in total. The highest BCUT2D eigenvalue weighted by Gasteiger charge is 2.04. The lowest BCUT2D eigenvalue weighted by atomic mass is 10.1. The van der Waals surface area contributed by atoms with Crippen molar-refractivity contribution in [2.24, 2.45) is 0 Å². The van der Waals surface area contributed by atoms with Crippen LogP contribution in [0, 0.1) is 6.92 Å². The SMILES string of the molecule is Cc1cc(=O)oc2cc(OCCCCO[C]=O)ccc12. The molecule has 2 aromatic rings. The van der Waals surface area contributed by atoms with Crippen molar-refractivity contribution in [3.63, 3.8) is 0 Å². The van der Waals surface area contributed by atoms with Crippen molar-refractivity contribution in [1.29, 1.82) is 0 Å². The zero-order valence-electron chi connectivity index (χ0n) is 11.2. The van der Waals surface area contributed by atoms with Crippen LogP contribution in [0.5, 0.6) is 5.75 Å². The van der Waals surface area contributed by atoms with Gasteiger partial charge in [-0.2, -0.15) is 0 Å². The molecule has 2 rings (SSSR count). The number of hydrogen-bond acceptors (Lipinski definition) is 5. The lowest BCUT2D eigenvalue weighted by Gasteiger charge is -2.07. The number of carbonyl (C=O) groups excluding carboxylic acids is 1. The van der Waals surface area contributed by atoms with E-state index in [4.69, 9.17) is 9.15 Å². The van der Waals surface area contributed by atoms with Crippen LogP contribution in [0.1, 0.15) is 18.4 Å². The van der Waals surface area contributed by atoms with Gasteiger partial charge in [-0.05, 0) is 37.5 Å². The van der Waals surface area contributed by atoms with E-state index in [1.807, 2.05) is 19.1 Å². The Morgan fingerprint density at radius 1 is 1.20 bits per heavy atom. The van der Waals surface area contributed by atoms with Crippen LogP contribution in [-0.4, -0.2) is 19.7 Å². The van der Waals surface area contributed by atoms with E-state index in [1.165, 1.54) is 12.5 Å². The van der Waals surface area contributed by atoms with Gasteiger partial charge in [0, 0.05) is 17.5 Å². The van der Waals surface area contributed by atoms with Crippen LogP contribution in [0.2, 0.25) is 0 Å². The van der Waals surface area contributed by atoms with Gasteiger partial charge in [-0.1, -0.05) is 0 Å². The number of rotatable bonds is 7. The third-order valence-corrected chi connectivity index (χ3v) is 2.89. The molecule has 105 valence electrons. The van der Waals surface area contributed by atoms with E-state index in [1.54, 1.807) is 6.07 Å². The number of benzene rings is 1. The molecule has 0 N–H and O–H groups in total. The number of unbranched alkanes of at least 4 members (excludes halogenated alkanes) is 1. The molecule has 0 aliphatic rings. The summed E-state index contributed by atoms with van der Waals surface area (Å²) in [6, 6.07) is 6.88. The lowest BCUT2D eigenvalue weighted by molar-refractivity contribution is 0.247. The summed E-state index contributed by atoms with van der Waals surface area (Å²) in [7, 11) is 0. The van der Waals surface area contributed by atoms with Crippen molar-refractivity contribution < 1.29 is 18.7 Å². The van der Waals surface area contributed by atoms with Crippen LogP contribution < -0.4 is 10.4 Å². The quantitative estimate of drug-likeness (QED) is 0.573. The molecule has 0 saturated carbocycles. The van der Waals surface area contributed by atoms with E-state index in [0.29, 0.717) is 24.5 Å². The first-order chi connectivity index (χ1) is 9.70. The minimum Gasteiger partial charge on any atom is -0.493 e. The minimum absolute atomic E-state index is 0.346. The first-order valence-corrected chi connectivity index (χ1v) is 6.37. The Labute approximate surface area is 116 Å². The molecule has 0 aliphatic heterocycles. The monoisotopic (exact) mass is 275 g/mol. The standard InChI is InChI=1S/C15H15O5/c1-11-8-15(17)20-14-9-12(4-5-13(11)14)19-7-3-2-6-18-10-16/h4-5,8-9H,2-3,6-7H2,1H3. The van der Waals surface area contributed by atoms with E-state index in [0.717, 1.165) is 23.8 Å². The molecule has 0 bridgehead atoms. The minimum atomic E-state index is -0.366. The van der Waals surface area contributed by atoms with Gasteiger partial charge in [0.25, 0.3) is 0 Å². The second-order valence-electron chi connectivity index (χ2n) is 4.39. The third-order valence-electron chi connectivity index (χ3n) is 2.89. The van der Waals surface area contributed by atoms with E-state index < -0.39 is 0 Å². The average molecular weight is 275 g/mol. The zero-order chi connectivity index (χ0) is 14.4. The van der Waals surface area contributed by atoms with Crippen LogP contribution in [-0.2, 0) is 9.53 Å². The summed E-state index contributed by atoms with van der Waals surface area (Å²) in [6.45, 7) is 4.09. The van der Waals surface area contributed by atoms with E-state index >= 15 is 0 Å². The molecule has 0 atom stereocenters. The highest BCUT2D eigenvalue weighted by atomic mass is 16.5. The maximum absolute atomic E-state index is 11.3. The molecule has 1 aromatic carbocycles. The zero-order valence-corrected chi connectivity index (χ0v) is 11.2. The highest BCUT2D eigenvalue weighted by Crippen LogP contribution is 2.22. The predicted octanol–water partition coefficient (Wildman–Crippen LogP) is 2.34. The average Bonchev–Trinajstić information content (AvgIpc) is 2.42. The van der Waals surface area contributed by atoms with Gasteiger partial charge in [0.15, 0.2) is 0 Å². The van der Waals surface area contributed by atoms with Gasteiger partial charge in [-0.25, -0.2) is 9.59 Å². The molecule has 0 amide bonds. The molecule has 1 radical (unpaired) electrons. The van der Waals surface area contributed by atoms with Crippen LogP contribution in [0.25, 0.3) is 11.0 Å². The van der Waals surface area contributed by atoms with Gasteiger partial charge in [-0.15, -0.1) is 0 Å². The Morgan fingerprint density at radius 3 is 2.80 bits per heavy atom. The van der Waals surface area contributed by atoms with Crippen molar-refractivity contribution in [2.75, 3.05) is 13.2 Å². The molecule has 0 spiro atoms. The van der Waals surface area contributed by atoms with Crippen LogP contribution in [0.15, 0.2) is 33.5 Å². The normalized spacial score (nSPS) is 10.4. The summed E-state index contributed by atoms with van der Waals surface area (Å²) in [5, 5.41) is 0.895. The van der Waals surface area contributed by atoms with E-state index in [-0.39, 0.29) is 5.63 Å². The van der Waals surface area contributed by atoms with Crippen LogP contribution >= 0.6 is 0 Å². The highest BCUT2D eigenvalue weighted by molar-refractivity contribution is 5.81. The summed E-state index contributed by atoms with van der Waals surface area (Å²) in [5.41, 5.74) is 1.03. The maximum Gasteiger partial charge on any atom is 0.417 e. The number of hydrogen-bond donors (Lipinski definition) is 0. The molecular weight excluding hydrogens is 260 g/mol. The number of fused-ring (bicyclic) bond motifs is 1. The second-order valence-corrected chi connectivity index (χ2v) is 4.39. The first kappa shape index (κ1) is 14.1. The number of aryl methyl sites for hydroxylation is 1. The molecule has 5 heteroatoms. The summed E-state index contributed by atoms with van der Waals surface area (Å²) >= 11 is 0. The fourth-order valence-electron chi connectivity index (χ4n) is 1.90. The topological polar surface area (TPSA) is 65.7 Å². The fourth-order valence-corrected chi connectivity index (χ4v) is 1.90. The molecule has 1 aromatic heterocycles. The van der Waals surface area contributed by atoms with Crippen molar-refractivity contribution >= 4 is 17.4 Å². The van der Waals surface area contributed by atoms with E-state index in [9.17, 15) is 9.59 Å². The molecule has 0 fully saturated rings. The Balaban J connectivity index is 1.98. The van der Waals surface area contributed by atoms with Crippen LogP contribution in [0.3, 0.4) is 0 Å². The molecule has 0 aliphatic carbocycles. The summed E-state index contributed by atoms with van der Waals surface area (Å²) in [5.74, 6) is 0.647. The second kappa shape index (κ2) is 6.75. The molecule has 0 unspecified atom stereocenters. The van der Waals surface area contributed by atoms with Gasteiger partial charge in [0.2, 0.25) is 0 Å². The van der Waals surface area contributed by atoms with E-state index in [2.05, 4.69) is 4.74 Å². The largest absolute Gasteiger partial charge is 0.493 e. The Hall–Kier alpha value is -2.30. The fraction of sp³-hybridized carbons (Fsp3) is 0.333. The smallest absolute Gasteiger partial charge is 0.417 e. The predicted molar refractivity (Wildman–Crippen MR) is 73.6 cm³/mol. The summed E-state index contributed by atoms with van der Waals surface area (Å²) in [4.78, 5) is 21.1. The van der Waals surface area contributed by atoms with Crippen molar-refractivity contribution in [2.45, 2.75) is 19.8 Å². The summed E-state index contributed by atoms with van der Waals surface area (Å²) < 4.78 is 15.2. The molecule has 1 heterocycles. The van der Waals surface area contributed by atoms with Gasteiger partial charge < -0.3 is 13.9 Å². The van der Waals surface area contributed by atoms with Crippen molar-refractivity contribution in [3.05, 3.63) is 40.2 Å². The van der Waals surface area contributed by atoms with Gasteiger partial charge in [0.1, 0.15) is 11.3 Å². The molecule has 0 saturated heterocycles. The molecular formula is C15H15O5. The molecule has 20 heavy (non-hydrogen) atoms. The van der Waals surface area contributed by atoms with Gasteiger partial charge in [-0.3, -0.25) is 0 Å². The van der Waals surface area contributed by atoms with Crippen LogP contribution in [0.4, 0.5) is 0 Å². The van der Waals surface area contributed by atoms with Crippen molar-refractivity contribution in [3.8, 4) is 5.75 Å². The Kier molecular flexibility index (Phi) is 4.76. The first-order valence-electron chi connectivity index (χ1n) is 6.37. The Morgan fingerprint density at radius 2 is 2.00 bits per heavy atom. The van der Waals surface area contributed by atoms with Gasteiger partial charge >= 0.3 is 12.1 Å².